The van der Waals surface area contributed by atoms with Gasteiger partial charge in [0.05, 0.1) is 13.7 Å². The quantitative estimate of drug-likeness (QED) is 0.558. The van der Waals surface area contributed by atoms with Gasteiger partial charge in [-0.1, -0.05) is 6.07 Å². The second kappa shape index (κ2) is 9.11. The fourth-order valence-corrected chi connectivity index (χ4v) is 4.10. The van der Waals surface area contributed by atoms with E-state index in [9.17, 15) is 4.79 Å². The molecule has 1 saturated heterocycles. The summed E-state index contributed by atoms with van der Waals surface area (Å²) in [7, 11) is 3.30. The SMILES string of the molecule is COCCOc1cc(CN2CC[C@H](c3cc4nc(C)c(C)c(=O)n4[nH]3)C2)ccc1OC. The zero-order valence-corrected chi connectivity index (χ0v) is 18.6. The summed E-state index contributed by atoms with van der Waals surface area (Å²) in [5.41, 5.74) is 4.37. The molecule has 166 valence electrons. The standard InChI is InChI=1S/C23H30N4O4/c1-15-16(2)24-22-12-19(25-27(22)23(15)28)18-7-8-26(14-18)13-17-5-6-20(30-4)21(11-17)31-10-9-29-3/h5-6,11-12,18,25H,7-10,13-14H2,1-4H3/t18-/m0/s1. The van der Waals surface area contributed by atoms with Gasteiger partial charge < -0.3 is 14.2 Å². The first kappa shape index (κ1) is 21.4. The van der Waals surface area contributed by atoms with Crippen molar-refractivity contribution in [1.82, 2.24) is 19.5 Å². The molecule has 0 aliphatic carbocycles. The highest BCUT2D eigenvalue weighted by molar-refractivity contribution is 5.44. The minimum atomic E-state index is -0.0251. The topological polar surface area (TPSA) is 81.1 Å². The maximum atomic E-state index is 12.5. The van der Waals surface area contributed by atoms with Crippen molar-refractivity contribution in [1.29, 1.82) is 0 Å². The zero-order valence-electron chi connectivity index (χ0n) is 18.6. The molecule has 4 rings (SSSR count). The van der Waals surface area contributed by atoms with E-state index in [0.29, 0.717) is 30.3 Å². The Hall–Kier alpha value is -2.84. The van der Waals surface area contributed by atoms with Crippen LogP contribution in [0.15, 0.2) is 29.1 Å². The van der Waals surface area contributed by atoms with Crippen LogP contribution >= 0.6 is 0 Å². The Morgan fingerprint density at radius 2 is 2.00 bits per heavy atom. The van der Waals surface area contributed by atoms with Crippen molar-refractivity contribution in [2.75, 3.05) is 40.5 Å². The van der Waals surface area contributed by atoms with Gasteiger partial charge in [0.2, 0.25) is 0 Å². The Morgan fingerprint density at radius 3 is 2.77 bits per heavy atom. The van der Waals surface area contributed by atoms with Crippen LogP contribution in [0.25, 0.3) is 5.65 Å². The van der Waals surface area contributed by atoms with E-state index < -0.39 is 0 Å². The van der Waals surface area contributed by atoms with Crippen molar-refractivity contribution >= 4 is 5.65 Å². The number of ether oxygens (including phenoxy) is 3. The van der Waals surface area contributed by atoms with E-state index in [2.05, 4.69) is 21.0 Å². The van der Waals surface area contributed by atoms with E-state index in [1.807, 2.05) is 32.0 Å². The summed E-state index contributed by atoms with van der Waals surface area (Å²) in [6.45, 7) is 7.45. The molecule has 0 amide bonds. The molecule has 1 atom stereocenters. The Bertz CT molecular complexity index is 1120. The summed E-state index contributed by atoms with van der Waals surface area (Å²) < 4.78 is 17.9. The molecule has 2 aromatic heterocycles. The fraction of sp³-hybridized carbons (Fsp3) is 0.478. The predicted molar refractivity (Wildman–Crippen MR) is 118 cm³/mol. The number of aromatic nitrogens is 3. The summed E-state index contributed by atoms with van der Waals surface area (Å²) in [4.78, 5) is 19.5. The molecule has 1 aliphatic rings. The first-order valence-corrected chi connectivity index (χ1v) is 10.6. The van der Waals surface area contributed by atoms with Crippen LogP contribution in [0, 0.1) is 13.8 Å². The van der Waals surface area contributed by atoms with Crippen molar-refractivity contribution < 1.29 is 14.2 Å². The minimum Gasteiger partial charge on any atom is -0.493 e. The molecule has 1 aromatic carbocycles. The van der Waals surface area contributed by atoms with E-state index >= 15 is 0 Å². The first-order chi connectivity index (χ1) is 15.0. The number of nitrogens with one attached hydrogen (secondary N) is 1. The van der Waals surface area contributed by atoms with E-state index in [0.717, 1.165) is 48.9 Å². The number of benzene rings is 1. The Labute approximate surface area is 181 Å². The Kier molecular flexibility index (Phi) is 6.29. The molecule has 0 spiro atoms. The van der Waals surface area contributed by atoms with Crippen molar-refractivity contribution in [2.45, 2.75) is 32.7 Å². The maximum Gasteiger partial charge on any atom is 0.275 e. The van der Waals surface area contributed by atoms with E-state index in [4.69, 9.17) is 14.2 Å². The number of rotatable bonds is 8. The van der Waals surface area contributed by atoms with E-state index in [1.54, 1.807) is 18.7 Å². The number of aryl methyl sites for hydroxylation is 1. The predicted octanol–water partition coefficient (Wildman–Crippen LogP) is 2.66. The van der Waals surface area contributed by atoms with Gasteiger partial charge in [-0.3, -0.25) is 14.8 Å². The molecule has 31 heavy (non-hydrogen) atoms. The number of methoxy groups -OCH3 is 2. The molecule has 0 bridgehead atoms. The van der Waals surface area contributed by atoms with Crippen LogP contribution in [0.1, 0.15) is 34.9 Å². The third kappa shape index (κ3) is 4.45. The van der Waals surface area contributed by atoms with Gasteiger partial charge in [-0.2, -0.15) is 0 Å². The second-order valence-corrected chi connectivity index (χ2v) is 8.08. The summed E-state index contributed by atoms with van der Waals surface area (Å²) in [5.74, 6) is 1.80. The molecule has 0 radical (unpaired) electrons. The monoisotopic (exact) mass is 426 g/mol. The van der Waals surface area contributed by atoms with Crippen LogP contribution in [-0.2, 0) is 11.3 Å². The van der Waals surface area contributed by atoms with E-state index in [-0.39, 0.29) is 5.56 Å². The lowest BCUT2D eigenvalue weighted by Gasteiger charge is -2.17. The zero-order chi connectivity index (χ0) is 22.0. The van der Waals surface area contributed by atoms with Crippen LogP contribution in [0.5, 0.6) is 11.5 Å². The summed E-state index contributed by atoms with van der Waals surface area (Å²) in [6.07, 6.45) is 1.03. The normalized spacial score (nSPS) is 16.8. The number of hydrogen-bond acceptors (Lipinski definition) is 6. The number of H-pyrrole nitrogens is 1. The van der Waals surface area contributed by atoms with E-state index in [1.165, 1.54) is 5.56 Å². The first-order valence-electron chi connectivity index (χ1n) is 10.6. The number of aromatic amines is 1. The third-order valence-corrected chi connectivity index (χ3v) is 5.99. The number of fused-ring (bicyclic) bond motifs is 1. The Balaban J connectivity index is 1.46. The molecular weight excluding hydrogens is 396 g/mol. The fourth-order valence-electron chi connectivity index (χ4n) is 4.10. The highest BCUT2D eigenvalue weighted by Crippen LogP contribution is 2.31. The van der Waals surface area contributed by atoms with Gasteiger partial charge in [-0.15, -0.1) is 0 Å². The van der Waals surface area contributed by atoms with Crippen molar-refractivity contribution in [3.05, 3.63) is 57.1 Å². The molecule has 1 aliphatic heterocycles. The molecule has 3 heterocycles. The average molecular weight is 427 g/mol. The summed E-state index contributed by atoms with van der Waals surface area (Å²) in [6, 6.07) is 8.08. The lowest BCUT2D eigenvalue weighted by atomic mass is 10.1. The molecular formula is C23H30N4O4. The molecule has 8 nitrogen and oxygen atoms in total. The van der Waals surface area contributed by atoms with Crippen LogP contribution in [-0.4, -0.2) is 60.0 Å². The van der Waals surface area contributed by atoms with Crippen molar-refractivity contribution in [2.24, 2.45) is 0 Å². The summed E-state index contributed by atoms with van der Waals surface area (Å²) >= 11 is 0. The van der Waals surface area contributed by atoms with Crippen LogP contribution in [0.3, 0.4) is 0 Å². The number of hydrogen-bond donors (Lipinski definition) is 1. The lowest BCUT2D eigenvalue weighted by molar-refractivity contribution is 0.144. The second-order valence-electron chi connectivity index (χ2n) is 8.08. The highest BCUT2D eigenvalue weighted by Gasteiger charge is 2.26. The van der Waals surface area contributed by atoms with Crippen LogP contribution in [0.4, 0.5) is 0 Å². The third-order valence-electron chi connectivity index (χ3n) is 5.99. The van der Waals surface area contributed by atoms with Gasteiger partial charge in [-0.05, 0) is 44.5 Å². The van der Waals surface area contributed by atoms with Crippen molar-refractivity contribution in [3.8, 4) is 11.5 Å². The highest BCUT2D eigenvalue weighted by atomic mass is 16.5. The molecule has 0 unspecified atom stereocenters. The lowest BCUT2D eigenvalue weighted by Crippen LogP contribution is -2.20. The number of nitrogens with zero attached hydrogens (tertiary/aromatic N) is 3. The molecule has 8 heteroatoms. The van der Waals surface area contributed by atoms with Gasteiger partial charge in [0.25, 0.3) is 5.56 Å². The number of likely N-dealkylation sites (tertiary alicyclic amines) is 1. The maximum absolute atomic E-state index is 12.5. The van der Waals surface area contributed by atoms with Gasteiger partial charge in [0.15, 0.2) is 17.1 Å². The minimum absolute atomic E-state index is 0.0251. The molecule has 3 aromatic rings. The van der Waals surface area contributed by atoms with Gasteiger partial charge in [0.1, 0.15) is 6.61 Å². The van der Waals surface area contributed by atoms with Crippen molar-refractivity contribution in [3.63, 3.8) is 0 Å². The average Bonchev–Trinajstić information content (AvgIpc) is 3.40. The van der Waals surface area contributed by atoms with Crippen LogP contribution < -0.4 is 15.0 Å². The smallest absolute Gasteiger partial charge is 0.275 e. The Morgan fingerprint density at radius 1 is 1.16 bits per heavy atom. The largest absolute Gasteiger partial charge is 0.493 e. The van der Waals surface area contributed by atoms with Gasteiger partial charge >= 0.3 is 0 Å². The van der Waals surface area contributed by atoms with Gasteiger partial charge in [0, 0.05) is 49.1 Å². The summed E-state index contributed by atoms with van der Waals surface area (Å²) in [5, 5.41) is 3.28. The molecule has 1 N–H and O–H groups in total. The van der Waals surface area contributed by atoms with Gasteiger partial charge in [-0.25, -0.2) is 9.50 Å². The van der Waals surface area contributed by atoms with Crippen LogP contribution in [0.2, 0.25) is 0 Å². The molecule has 1 fully saturated rings. The molecule has 0 saturated carbocycles.